The number of aryl methyl sites for hydroxylation is 2. The number of rotatable bonds is 7. The number of hydrogen-bond acceptors (Lipinski definition) is 5. The second-order valence-corrected chi connectivity index (χ2v) is 19.6. The molecule has 9 aromatic rings. The summed E-state index contributed by atoms with van der Waals surface area (Å²) in [5.41, 5.74) is 23.2. The SMILES string of the molecule is Cc1ccc(C)c(N2C(=O)c3cccc4c(N5CCN(c6cc(-c7ccc(C([C]8c9ccccc9-c9ccccc98)=C8c9ccccc9-c9ccccc98)cc7)cc(N(C)C)c6)CC5)ccc(c34)C2=O)c1. The van der Waals surface area contributed by atoms with Crippen LogP contribution in [0.5, 0.6) is 0 Å². The fraction of sp³-hybridized carbons (Fsp3) is 0.123. The number of piperazine rings is 1. The third-order valence-electron chi connectivity index (χ3n) is 15.3. The molecule has 2 heterocycles. The third kappa shape index (κ3) is 6.76. The summed E-state index contributed by atoms with van der Waals surface area (Å²) in [6.07, 6.45) is 0. The average Bonchev–Trinajstić information content (AvgIpc) is 3.92. The maximum Gasteiger partial charge on any atom is 0.265 e. The quantitative estimate of drug-likeness (QED) is 0.149. The average molecular weight is 920 g/mol. The van der Waals surface area contributed by atoms with Gasteiger partial charge in [-0.15, -0.1) is 0 Å². The lowest BCUT2D eigenvalue weighted by atomic mass is 9.79. The number of carbonyl (C=O) groups excluding carboxylic acids is 2. The highest BCUT2D eigenvalue weighted by molar-refractivity contribution is 6.36. The summed E-state index contributed by atoms with van der Waals surface area (Å²) < 4.78 is 0. The summed E-state index contributed by atoms with van der Waals surface area (Å²) in [7, 11) is 4.23. The molecule has 71 heavy (non-hydrogen) atoms. The van der Waals surface area contributed by atoms with Crippen LogP contribution in [0.4, 0.5) is 22.7 Å². The zero-order valence-electron chi connectivity index (χ0n) is 40.3. The zero-order chi connectivity index (χ0) is 48.1. The van der Waals surface area contributed by atoms with Gasteiger partial charge in [0.1, 0.15) is 0 Å². The summed E-state index contributed by atoms with van der Waals surface area (Å²) in [6, 6.07) is 67.5. The molecule has 9 aromatic carbocycles. The van der Waals surface area contributed by atoms with Crippen LogP contribution >= 0.6 is 0 Å². The van der Waals surface area contributed by atoms with Gasteiger partial charge in [0.05, 0.1) is 11.6 Å². The number of benzene rings is 9. The van der Waals surface area contributed by atoms with Crippen LogP contribution in [0, 0.1) is 19.8 Å². The maximum absolute atomic E-state index is 14.2. The van der Waals surface area contributed by atoms with Gasteiger partial charge < -0.3 is 14.7 Å². The van der Waals surface area contributed by atoms with Crippen molar-refractivity contribution < 1.29 is 9.59 Å². The van der Waals surface area contributed by atoms with E-state index in [-0.39, 0.29) is 11.8 Å². The Labute approximate surface area is 415 Å². The molecular formula is C65H51N4O2. The molecule has 13 rings (SSSR count). The normalized spacial score (nSPS) is 14.7. The first kappa shape index (κ1) is 42.6. The topological polar surface area (TPSA) is 47.1 Å². The van der Waals surface area contributed by atoms with Gasteiger partial charge in [-0.1, -0.05) is 146 Å². The number of allylic oxidation sites excluding steroid dienone is 1. The van der Waals surface area contributed by atoms with Crippen molar-refractivity contribution in [3.63, 3.8) is 0 Å². The lowest BCUT2D eigenvalue weighted by molar-refractivity contribution is 0.0893. The first-order valence-corrected chi connectivity index (χ1v) is 24.7. The van der Waals surface area contributed by atoms with Crippen LogP contribution in [0.15, 0.2) is 188 Å². The smallest absolute Gasteiger partial charge is 0.265 e. The van der Waals surface area contributed by atoms with Crippen molar-refractivity contribution in [2.24, 2.45) is 0 Å². The van der Waals surface area contributed by atoms with Crippen LogP contribution in [0.25, 0.3) is 55.3 Å². The Morgan fingerprint density at radius 1 is 0.451 bits per heavy atom. The second-order valence-electron chi connectivity index (χ2n) is 19.6. The van der Waals surface area contributed by atoms with Crippen molar-refractivity contribution in [3.8, 4) is 33.4 Å². The second kappa shape index (κ2) is 16.6. The Bertz CT molecular complexity index is 3610. The van der Waals surface area contributed by atoms with E-state index in [1.807, 2.05) is 50.2 Å². The van der Waals surface area contributed by atoms with Crippen LogP contribution in [-0.2, 0) is 0 Å². The lowest BCUT2D eigenvalue weighted by Crippen LogP contribution is -2.47. The standard InChI is InChI=1S/C65H51N4O2/c1-40-24-25-41(2)59(36-40)69-64(70)56-23-13-22-55-58(31-30-57(61(55)56)65(69)71)68-34-32-67(33-35-68)46-38-44(37-45(39-46)66(3)4)42-26-28-43(29-27-42)60(62-51-18-9-5-14-47(51)48-15-6-10-19-52(48)62)63-53-20-11-7-16-49(53)50-17-8-12-21-54(50)63/h5-31,36-39H,32-35H2,1-4H3. The van der Waals surface area contributed by atoms with Gasteiger partial charge >= 0.3 is 0 Å². The van der Waals surface area contributed by atoms with Gasteiger partial charge in [-0.3, -0.25) is 9.59 Å². The first-order valence-electron chi connectivity index (χ1n) is 24.7. The third-order valence-corrected chi connectivity index (χ3v) is 15.3. The van der Waals surface area contributed by atoms with Crippen LogP contribution in [0.1, 0.15) is 59.7 Å². The fourth-order valence-electron chi connectivity index (χ4n) is 11.8. The number of amides is 2. The predicted molar refractivity (Wildman–Crippen MR) is 293 cm³/mol. The van der Waals surface area contributed by atoms with Crippen molar-refractivity contribution in [2.45, 2.75) is 13.8 Å². The van der Waals surface area contributed by atoms with Gasteiger partial charge in [0.2, 0.25) is 0 Å². The Balaban J connectivity index is 0.833. The van der Waals surface area contributed by atoms with Gasteiger partial charge in [0.25, 0.3) is 11.8 Å². The molecule has 0 aromatic heterocycles. The van der Waals surface area contributed by atoms with Gasteiger partial charge in [-0.25, -0.2) is 4.90 Å². The summed E-state index contributed by atoms with van der Waals surface area (Å²) >= 11 is 0. The van der Waals surface area contributed by atoms with E-state index in [2.05, 4.69) is 180 Å². The first-order chi connectivity index (χ1) is 34.7. The number of fused-ring (bicyclic) bond motifs is 6. The maximum atomic E-state index is 14.2. The van der Waals surface area contributed by atoms with E-state index in [0.29, 0.717) is 16.8 Å². The molecule has 2 amide bonds. The number of anilines is 4. The van der Waals surface area contributed by atoms with Gasteiger partial charge in [-0.2, -0.15) is 0 Å². The molecule has 0 N–H and O–H groups in total. The van der Waals surface area contributed by atoms with Crippen LogP contribution in [0.2, 0.25) is 0 Å². The molecule has 6 nitrogen and oxygen atoms in total. The molecule has 343 valence electrons. The highest BCUT2D eigenvalue weighted by Crippen LogP contribution is 2.56. The largest absolute Gasteiger partial charge is 0.378 e. The van der Waals surface area contributed by atoms with Crippen LogP contribution in [0.3, 0.4) is 0 Å². The number of nitrogens with zero attached hydrogens (tertiary/aromatic N) is 4. The molecule has 2 aliphatic carbocycles. The Morgan fingerprint density at radius 2 is 0.986 bits per heavy atom. The van der Waals surface area contributed by atoms with E-state index in [1.165, 1.54) is 83.3 Å². The lowest BCUT2D eigenvalue weighted by Gasteiger charge is -2.39. The van der Waals surface area contributed by atoms with Gasteiger partial charge in [0, 0.05) is 79.2 Å². The minimum Gasteiger partial charge on any atom is -0.378 e. The fourth-order valence-corrected chi connectivity index (χ4v) is 11.8. The highest BCUT2D eigenvalue weighted by atomic mass is 16.2. The molecule has 1 radical (unpaired) electrons. The molecule has 0 spiro atoms. The minimum atomic E-state index is -0.276. The van der Waals surface area contributed by atoms with Crippen molar-refractivity contribution >= 4 is 56.5 Å². The summed E-state index contributed by atoms with van der Waals surface area (Å²) in [4.78, 5) is 36.8. The molecule has 0 saturated carbocycles. The van der Waals surface area contributed by atoms with E-state index in [1.54, 1.807) is 0 Å². The van der Waals surface area contributed by atoms with Gasteiger partial charge in [-0.05, 0) is 140 Å². The Morgan fingerprint density at radius 3 is 1.59 bits per heavy atom. The zero-order valence-corrected chi connectivity index (χ0v) is 40.3. The molecular weight excluding hydrogens is 869 g/mol. The van der Waals surface area contributed by atoms with Crippen molar-refractivity contribution in [1.29, 1.82) is 0 Å². The van der Waals surface area contributed by atoms with E-state index in [0.717, 1.165) is 65.0 Å². The van der Waals surface area contributed by atoms with Crippen LogP contribution in [-0.4, -0.2) is 52.1 Å². The van der Waals surface area contributed by atoms with Gasteiger partial charge in [0.15, 0.2) is 0 Å². The molecule has 0 unspecified atom stereocenters. The molecule has 1 saturated heterocycles. The highest BCUT2D eigenvalue weighted by Gasteiger charge is 2.38. The molecule has 2 aliphatic heterocycles. The Kier molecular flexibility index (Phi) is 9.96. The predicted octanol–water partition coefficient (Wildman–Crippen LogP) is 13.9. The molecule has 1 fully saturated rings. The molecule has 4 aliphatic rings. The van der Waals surface area contributed by atoms with E-state index in [9.17, 15) is 9.59 Å². The van der Waals surface area contributed by atoms with E-state index >= 15 is 0 Å². The van der Waals surface area contributed by atoms with Crippen molar-refractivity contribution in [2.75, 3.05) is 59.9 Å². The monoisotopic (exact) mass is 919 g/mol. The molecule has 0 atom stereocenters. The minimum absolute atomic E-state index is 0.276. The van der Waals surface area contributed by atoms with Crippen molar-refractivity contribution in [1.82, 2.24) is 0 Å². The summed E-state index contributed by atoms with van der Waals surface area (Å²) in [5.74, 6) is 0.722. The summed E-state index contributed by atoms with van der Waals surface area (Å²) in [5, 5.41) is 1.69. The Hall–Kier alpha value is -8.48. The summed E-state index contributed by atoms with van der Waals surface area (Å²) in [6.45, 7) is 7.15. The molecule has 6 heteroatoms. The van der Waals surface area contributed by atoms with Crippen LogP contribution < -0.4 is 19.6 Å². The number of carbonyl (C=O) groups is 2. The number of hydrogen-bond donors (Lipinski definition) is 0. The molecule has 0 bridgehead atoms. The van der Waals surface area contributed by atoms with E-state index in [4.69, 9.17) is 0 Å². The van der Waals surface area contributed by atoms with Crippen molar-refractivity contribution in [3.05, 3.63) is 244 Å². The number of imide groups is 1. The van der Waals surface area contributed by atoms with E-state index < -0.39 is 0 Å².